The second-order valence-electron chi connectivity index (χ2n) is 7.24. The van der Waals surface area contributed by atoms with Crippen LogP contribution in [0.5, 0.6) is 0 Å². The largest absolute Gasteiger partial charge is 0.444 e. The molecule has 1 rings (SSSR count). The molecule has 0 aromatic rings. The number of carbonyl (C=O) groups excluding carboxylic acids is 1. The summed E-state index contributed by atoms with van der Waals surface area (Å²) in [6.07, 6.45) is 4.56. The standard InChI is InChI=1S/C16H32N2O2/c1-12-7-8-14(13(2)11-12)17-9-6-10-18-15(19)20-16(3,4)5/h12-14,17H,6-11H2,1-5H3,(H,18,19). The van der Waals surface area contributed by atoms with E-state index in [4.69, 9.17) is 4.74 Å². The number of hydrogen-bond acceptors (Lipinski definition) is 3. The number of carbonyl (C=O) groups is 1. The van der Waals surface area contributed by atoms with Crippen LogP contribution in [0.25, 0.3) is 0 Å². The van der Waals surface area contributed by atoms with Crippen molar-refractivity contribution >= 4 is 6.09 Å². The lowest BCUT2D eigenvalue weighted by Gasteiger charge is -2.33. The number of alkyl carbamates (subject to hydrolysis) is 1. The Kier molecular flexibility index (Phi) is 6.80. The normalized spacial score (nSPS) is 27.1. The van der Waals surface area contributed by atoms with Crippen LogP contribution in [0.15, 0.2) is 0 Å². The van der Waals surface area contributed by atoms with Crippen molar-refractivity contribution in [1.82, 2.24) is 10.6 Å². The Balaban J connectivity index is 2.06. The molecule has 3 unspecified atom stereocenters. The zero-order chi connectivity index (χ0) is 15.2. The second kappa shape index (κ2) is 7.87. The van der Waals surface area contributed by atoms with Gasteiger partial charge in [-0.15, -0.1) is 0 Å². The van der Waals surface area contributed by atoms with E-state index in [1.165, 1.54) is 19.3 Å². The molecule has 118 valence electrons. The zero-order valence-electron chi connectivity index (χ0n) is 13.8. The van der Waals surface area contributed by atoms with Crippen molar-refractivity contribution in [3.8, 4) is 0 Å². The van der Waals surface area contributed by atoms with E-state index in [-0.39, 0.29) is 6.09 Å². The summed E-state index contributed by atoms with van der Waals surface area (Å²) < 4.78 is 5.19. The van der Waals surface area contributed by atoms with Gasteiger partial charge in [-0.2, -0.15) is 0 Å². The average Bonchev–Trinajstić information content (AvgIpc) is 2.28. The van der Waals surface area contributed by atoms with Gasteiger partial charge in [0.15, 0.2) is 0 Å². The smallest absolute Gasteiger partial charge is 0.407 e. The van der Waals surface area contributed by atoms with E-state index in [1.54, 1.807) is 0 Å². The summed E-state index contributed by atoms with van der Waals surface area (Å²) in [4.78, 5) is 11.5. The fourth-order valence-electron chi connectivity index (χ4n) is 2.85. The molecular weight excluding hydrogens is 252 g/mol. The molecule has 4 heteroatoms. The van der Waals surface area contributed by atoms with E-state index >= 15 is 0 Å². The molecule has 0 saturated heterocycles. The fourth-order valence-corrected chi connectivity index (χ4v) is 2.85. The maximum Gasteiger partial charge on any atom is 0.407 e. The van der Waals surface area contributed by atoms with Crippen LogP contribution in [0.3, 0.4) is 0 Å². The summed E-state index contributed by atoms with van der Waals surface area (Å²) in [5.41, 5.74) is -0.420. The lowest BCUT2D eigenvalue weighted by atomic mass is 9.80. The monoisotopic (exact) mass is 284 g/mol. The summed E-state index contributed by atoms with van der Waals surface area (Å²) in [7, 11) is 0. The maximum atomic E-state index is 11.5. The van der Waals surface area contributed by atoms with Gasteiger partial charge in [0.1, 0.15) is 5.60 Å². The maximum absolute atomic E-state index is 11.5. The Morgan fingerprint density at radius 1 is 1.20 bits per heavy atom. The van der Waals surface area contributed by atoms with Gasteiger partial charge in [-0.25, -0.2) is 4.79 Å². The topological polar surface area (TPSA) is 50.4 Å². The predicted molar refractivity (Wildman–Crippen MR) is 82.8 cm³/mol. The van der Waals surface area contributed by atoms with Crippen molar-refractivity contribution < 1.29 is 9.53 Å². The van der Waals surface area contributed by atoms with Crippen LogP contribution < -0.4 is 10.6 Å². The first kappa shape index (κ1) is 17.3. The summed E-state index contributed by atoms with van der Waals surface area (Å²) >= 11 is 0. The Morgan fingerprint density at radius 2 is 1.90 bits per heavy atom. The molecule has 1 aliphatic rings. The number of hydrogen-bond donors (Lipinski definition) is 2. The van der Waals surface area contributed by atoms with Gasteiger partial charge < -0.3 is 15.4 Å². The second-order valence-corrected chi connectivity index (χ2v) is 7.24. The fraction of sp³-hybridized carbons (Fsp3) is 0.938. The molecule has 0 aromatic carbocycles. The van der Waals surface area contributed by atoms with Gasteiger partial charge in [0.05, 0.1) is 0 Å². The minimum absolute atomic E-state index is 0.322. The van der Waals surface area contributed by atoms with E-state index in [0.717, 1.165) is 24.8 Å². The van der Waals surface area contributed by atoms with Crippen molar-refractivity contribution in [2.75, 3.05) is 13.1 Å². The SMILES string of the molecule is CC1CCC(NCCCNC(=O)OC(C)(C)C)C(C)C1. The van der Waals surface area contributed by atoms with Gasteiger partial charge in [0, 0.05) is 12.6 Å². The Labute approximate surface area is 124 Å². The van der Waals surface area contributed by atoms with Crippen LogP contribution in [-0.2, 0) is 4.74 Å². The first-order valence-electron chi connectivity index (χ1n) is 7.98. The Bertz CT molecular complexity index is 299. The lowest BCUT2D eigenvalue weighted by Crippen LogP contribution is -2.40. The first-order valence-corrected chi connectivity index (χ1v) is 7.98. The molecule has 3 atom stereocenters. The van der Waals surface area contributed by atoms with Crippen molar-refractivity contribution in [2.45, 2.75) is 71.9 Å². The molecule has 1 amide bonds. The summed E-state index contributed by atoms with van der Waals surface area (Å²) in [5, 5.41) is 6.42. The number of ether oxygens (including phenoxy) is 1. The third-order valence-corrected chi connectivity index (χ3v) is 3.86. The van der Waals surface area contributed by atoms with Gasteiger partial charge >= 0.3 is 6.09 Å². The van der Waals surface area contributed by atoms with Crippen molar-refractivity contribution in [3.63, 3.8) is 0 Å². The van der Waals surface area contributed by atoms with Crippen LogP contribution in [0.2, 0.25) is 0 Å². The Hall–Kier alpha value is -0.770. The van der Waals surface area contributed by atoms with E-state index in [2.05, 4.69) is 24.5 Å². The predicted octanol–water partition coefficient (Wildman–Crippen LogP) is 3.32. The quantitative estimate of drug-likeness (QED) is 0.761. The van der Waals surface area contributed by atoms with Crippen LogP contribution in [0, 0.1) is 11.8 Å². The van der Waals surface area contributed by atoms with Crippen molar-refractivity contribution in [2.24, 2.45) is 11.8 Å². The molecule has 1 fully saturated rings. The number of nitrogens with one attached hydrogen (secondary N) is 2. The third-order valence-electron chi connectivity index (χ3n) is 3.86. The minimum Gasteiger partial charge on any atom is -0.444 e. The van der Waals surface area contributed by atoms with Crippen molar-refractivity contribution in [3.05, 3.63) is 0 Å². The molecule has 0 aliphatic heterocycles. The summed E-state index contributed by atoms with van der Waals surface area (Å²) in [5.74, 6) is 1.63. The van der Waals surface area contributed by atoms with Crippen LogP contribution in [-0.4, -0.2) is 30.8 Å². The van der Waals surface area contributed by atoms with Crippen LogP contribution in [0.4, 0.5) is 4.79 Å². The summed E-state index contributed by atoms with van der Waals surface area (Å²) in [6.45, 7) is 11.9. The van der Waals surface area contributed by atoms with Gasteiger partial charge in [0.25, 0.3) is 0 Å². The molecular formula is C16H32N2O2. The highest BCUT2D eigenvalue weighted by atomic mass is 16.6. The number of amides is 1. The molecule has 0 radical (unpaired) electrons. The molecule has 1 aliphatic carbocycles. The molecule has 0 bridgehead atoms. The zero-order valence-corrected chi connectivity index (χ0v) is 13.8. The molecule has 0 aromatic heterocycles. The van der Waals surface area contributed by atoms with Crippen molar-refractivity contribution in [1.29, 1.82) is 0 Å². The van der Waals surface area contributed by atoms with E-state index in [0.29, 0.717) is 12.6 Å². The molecule has 0 spiro atoms. The van der Waals surface area contributed by atoms with Gasteiger partial charge in [-0.1, -0.05) is 13.8 Å². The highest BCUT2D eigenvalue weighted by Crippen LogP contribution is 2.28. The molecule has 20 heavy (non-hydrogen) atoms. The van der Waals surface area contributed by atoms with E-state index in [1.807, 2.05) is 20.8 Å². The highest BCUT2D eigenvalue weighted by molar-refractivity contribution is 5.67. The summed E-state index contributed by atoms with van der Waals surface area (Å²) in [6, 6.07) is 0.646. The molecule has 1 saturated carbocycles. The minimum atomic E-state index is -0.420. The van der Waals surface area contributed by atoms with Gasteiger partial charge in [-0.3, -0.25) is 0 Å². The average molecular weight is 284 g/mol. The van der Waals surface area contributed by atoms with Gasteiger partial charge in [0.2, 0.25) is 0 Å². The molecule has 2 N–H and O–H groups in total. The first-order chi connectivity index (χ1) is 9.28. The third kappa shape index (κ3) is 7.13. The Morgan fingerprint density at radius 3 is 2.50 bits per heavy atom. The van der Waals surface area contributed by atoms with E-state index in [9.17, 15) is 4.79 Å². The lowest BCUT2D eigenvalue weighted by molar-refractivity contribution is 0.0527. The van der Waals surface area contributed by atoms with Gasteiger partial charge in [-0.05, 0) is 64.8 Å². The number of rotatable bonds is 5. The highest BCUT2D eigenvalue weighted by Gasteiger charge is 2.24. The van der Waals surface area contributed by atoms with E-state index < -0.39 is 5.60 Å². The molecule has 4 nitrogen and oxygen atoms in total. The van der Waals surface area contributed by atoms with Crippen LogP contribution >= 0.6 is 0 Å². The molecule has 0 heterocycles. The van der Waals surface area contributed by atoms with Crippen LogP contribution in [0.1, 0.15) is 60.3 Å².